The Labute approximate surface area is 249 Å². The number of urea groups is 2. The fourth-order valence-electron chi connectivity index (χ4n) is 4.62. The number of hydrogen-bond donors (Lipinski definition) is 4. The molecule has 1 aliphatic heterocycles. The third-order valence-electron chi connectivity index (χ3n) is 7.18. The number of ether oxygens (including phenoxy) is 2. The van der Waals surface area contributed by atoms with Crippen LogP contribution >= 0.6 is 0 Å². The van der Waals surface area contributed by atoms with Crippen LogP contribution in [0.3, 0.4) is 0 Å². The van der Waals surface area contributed by atoms with E-state index in [9.17, 15) is 23.9 Å². The Kier molecular flexibility index (Phi) is 10.0. The second-order valence-corrected chi connectivity index (χ2v) is 10.4. The van der Waals surface area contributed by atoms with Crippen molar-refractivity contribution in [2.24, 2.45) is 5.92 Å². The number of halogens is 1. The van der Waals surface area contributed by atoms with Crippen molar-refractivity contribution >= 4 is 35.0 Å². The number of methoxy groups -OCH3 is 1. The maximum atomic E-state index is 13.7. The first-order valence-corrected chi connectivity index (χ1v) is 13.8. The number of benzene rings is 3. The van der Waals surface area contributed by atoms with Crippen molar-refractivity contribution in [1.82, 2.24) is 9.80 Å². The molecule has 3 aromatic rings. The van der Waals surface area contributed by atoms with Crippen molar-refractivity contribution < 1.29 is 33.4 Å². The third kappa shape index (κ3) is 7.72. The minimum Gasteiger partial charge on any atom is -0.497 e. The SMILES string of the molecule is COc1ccc(NC(=O)N(C)C[C@H]2Oc3c(NC(=O)Nc4ccc(F)cc4)cccc3C(=O)N([C@@H](C)CO)C[C@H]2C)cc1. The van der Waals surface area contributed by atoms with Gasteiger partial charge in [0.05, 0.1) is 37.6 Å². The van der Waals surface area contributed by atoms with Gasteiger partial charge in [0.15, 0.2) is 5.75 Å². The lowest BCUT2D eigenvalue weighted by atomic mass is 9.99. The number of anilines is 3. The van der Waals surface area contributed by atoms with E-state index in [1.165, 1.54) is 29.2 Å². The van der Waals surface area contributed by atoms with Crippen LogP contribution in [0.1, 0.15) is 24.2 Å². The summed E-state index contributed by atoms with van der Waals surface area (Å²) in [5.74, 6) is -0.281. The molecule has 0 saturated carbocycles. The van der Waals surface area contributed by atoms with Gasteiger partial charge in [-0.1, -0.05) is 13.0 Å². The van der Waals surface area contributed by atoms with Crippen LogP contribution in [0.15, 0.2) is 66.7 Å². The second kappa shape index (κ2) is 13.9. The normalized spacial score (nSPS) is 17.0. The van der Waals surface area contributed by atoms with Gasteiger partial charge in [0, 0.05) is 30.9 Å². The van der Waals surface area contributed by atoms with Crippen molar-refractivity contribution in [2.75, 3.05) is 49.8 Å². The summed E-state index contributed by atoms with van der Waals surface area (Å²) in [6.45, 7) is 3.80. The zero-order chi connectivity index (χ0) is 31.1. The van der Waals surface area contributed by atoms with Crippen molar-refractivity contribution in [3.63, 3.8) is 0 Å². The number of nitrogens with zero attached hydrogens (tertiary/aromatic N) is 2. The minimum absolute atomic E-state index is 0.136. The molecule has 0 bridgehead atoms. The number of rotatable bonds is 8. The van der Waals surface area contributed by atoms with Crippen LogP contribution in [0.4, 0.5) is 31.0 Å². The van der Waals surface area contributed by atoms with E-state index in [4.69, 9.17) is 9.47 Å². The predicted molar refractivity (Wildman–Crippen MR) is 161 cm³/mol. The van der Waals surface area contributed by atoms with Gasteiger partial charge in [0.1, 0.15) is 17.7 Å². The molecule has 0 fully saturated rings. The molecule has 1 aliphatic rings. The van der Waals surface area contributed by atoms with E-state index < -0.39 is 24.0 Å². The van der Waals surface area contributed by atoms with Gasteiger partial charge < -0.3 is 40.3 Å². The van der Waals surface area contributed by atoms with E-state index in [1.807, 2.05) is 6.92 Å². The van der Waals surface area contributed by atoms with Gasteiger partial charge in [-0.3, -0.25) is 4.79 Å². The van der Waals surface area contributed by atoms with Crippen LogP contribution in [0, 0.1) is 11.7 Å². The quantitative estimate of drug-likeness (QED) is 0.295. The summed E-state index contributed by atoms with van der Waals surface area (Å²) in [4.78, 5) is 42.6. The van der Waals surface area contributed by atoms with E-state index in [0.29, 0.717) is 17.1 Å². The van der Waals surface area contributed by atoms with Gasteiger partial charge in [-0.05, 0) is 67.6 Å². The molecule has 12 heteroatoms. The maximum absolute atomic E-state index is 13.7. The van der Waals surface area contributed by atoms with E-state index in [2.05, 4.69) is 16.0 Å². The highest BCUT2D eigenvalue weighted by Gasteiger charge is 2.35. The first-order chi connectivity index (χ1) is 20.6. The summed E-state index contributed by atoms with van der Waals surface area (Å²) < 4.78 is 24.9. The number of aliphatic hydroxyl groups is 1. The van der Waals surface area contributed by atoms with Gasteiger partial charge in [0.25, 0.3) is 5.91 Å². The van der Waals surface area contributed by atoms with Crippen LogP contribution in [-0.2, 0) is 0 Å². The molecule has 5 amide bonds. The lowest BCUT2D eigenvalue weighted by Gasteiger charge is -2.38. The number of carbonyl (C=O) groups excluding carboxylic acids is 3. The molecule has 1 heterocycles. The van der Waals surface area contributed by atoms with Crippen LogP contribution in [0.2, 0.25) is 0 Å². The highest BCUT2D eigenvalue weighted by atomic mass is 19.1. The van der Waals surface area contributed by atoms with Crippen molar-refractivity contribution in [1.29, 1.82) is 0 Å². The topological polar surface area (TPSA) is 132 Å². The predicted octanol–water partition coefficient (Wildman–Crippen LogP) is 4.86. The van der Waals surface area contributed by atoms with Gasteiger partial charge in [-0.25, -0.2) is 14.0 Å². The maximum Gasteiger partial charge on any atom is 0.323 e. The Bertz CT molecular complexity index is 1440. The lowest BCUT2D eigenvalue weighted by Crippen LogP contribution is -2.50. The molecule has 4 rings (SSSR count). The number of nitrogens with one attached hydrogen (secondary N) is 3. The molecule has 0 unspecified atom stereocenters. The molecule has 3 aromatic carbocycles. The molecule has 0 aliphatic carbocycles. The molecule has 43 heavy (non-hydrogen) atoms. The van der Waals surface area contributed by atoms with E-state index >= 15 is 0 Å². The Morgan fingerprint density at radius 2 is 1.72 bits per heavy atom. The Morgan fingerprint density at radius 3 is 2.37 bits per heavy atom. The molecule has 11 nitrogen and oxygen atoms in total. The van der Waals surface area contributed by atoms with Gasteiger partial charge in [0.2, 0.25) is 0 Å². The average Bonchev–Trinajstić information content (AvgIpc) is 3.00. The highest BCUT2D eigenvalue weighted by Crippen LogP contribution is 2.35. The first-order valence-electron chi connectivity index (χ1n) is 13.8. The van der Waals surface area contributed by atoms with Gasteiger partial charge >= 0.3 is 12.1 Å². The fourth-order valence-corrected chi connectivity index (χ4v) is 4.62. The highest BCUT2D eigenvalue weighted by molar-refractivity contribution is 6.04. The monoisotopic (exact) mass is 593 g/mol. The number of aliphatic hydroxyl groups excluding tert-OH is 1. The molecule has 0 spiro atoms. The summed E-state index contributed by atoms with van der Waals surface area (Å²) >= 11 is 0. The van der Waals surface area contributed by atoms with Crippen LogP contribution in [0.5, 0.6) is 11.5 Å². The lowest BCUT2D eigenvalue weighted by molar-refractivity contribution is 0.0373. The summed E-state index contributed by atoms with van der Waals surface area (Å²) in [7, 11) is 3.19. The standard InChI is InChI=1S/C31H36FN5O6/c1-19-16-37(20(2)18-38)29(39)25-6-5-7-26(35-30(40)33-22-10-8-21(32)9-11-22)28(25)43-27(19)17-36(3)31(41)34-23-12-14-24(42-4)15-13-23/h5-15,19-20,27,38H,16-18H2,1-4H3,(H,34,41)(H2,33,35,40)/t19-,20+,27-/m1/s1. The summed E-state index contributed by atoms with van der Waals surface area (Å²) in [5.41, 5.74) is 1.38. The second-order valence-electron chi connectivity index (χ2n) is 10.4. The van der Waals surface area contributed by atoms with Gasteiger partial charge in [-0.2, -0.15) is 0 Å². The number of fused-ring (bicyclic) bond motifs is 1. The molecular weight excluding hydrogens is 557 g/mol. The largest absolute Gasteiger partial charge is 0.497 e. The number of likely N-dealkylation sites (N-methyl/N-ethyl adjacent to an activating group) is 1. The summed E-state index contributed by atoms with van der Waals surface area (Å²) in [6, 6.07) is 15.5. The van der Waals surface area contributed by atoms with Crippen molar-refractivity contribution in [2.45, 2.75) is 26.0 Å². The Hall–Kier alpha value is -4.84. The zero-order valence-electron chi connectivity index (χ0n) is 24.5. The third-order valence-corrected chi connectivity index (χ3v) is 7.18. The molecule has 4 N–H and O–H groups in total. The minimum atomic E-state index is -0.626. The average molecular weight is 594 g/mol. The Morgan fingerprint density at radius 1 is 1.07 bits per heavy atom. The first kappa shape index (κ1) is 31.1. The zero-order valence-corrected chi connectivity index (χ0v) is 24.5. The fraction of sp³-hybridized carbons (Fsp3) is 0.323. The molecule has 0 saturated heterocycles. The molecule has 228 valence electrons. The molecule has 0 aromatic heterocycles. The van der Waals surface area contributed by atoms with Crippen molar-refractivity contribution in [3.8, 4) is 11.5 Å². The molecule has 3 atom stereocenters. The van der Waals surface area contributed by atoms with Gasteiger partial charge in [-0.15, -0.1) is 0 Å². The Balaban J connectivity index is 1.59. The summed E-state index contributed by atoms with van der Waals surface area (Å²) in [5, 5.41) is 18.1. The smallest absolute Gasteiger partial charge is 0.323 e. The summed E-state index contributed by atoms with van der Waals surface area (Å²) in [6.07, 6.45) is -0.602. The number of hydrogen-bond acceptors (Lipinski definition) is 6. The van der Waals surface area contributed by atoms with E-state index in [0.717, 1.165) is 0 Å². The number of amides is 5. The van der Waals surface area contributed by atoms with E-state index in [1.54, 1.807) is 68.4 Å². The van der Waals surface area contributed by atoms with E-state index in [-0.39, 0.29) is 54.6 Å². The number of para-hydroxylation sites is 1. The van der Waals surface area contributed by atoms with Crippen LogP contribution in [0.25, 0.3) is 0 Å². The van der Waals surface area contributed by atoms with Crippen LogP contribution < -0.4 is 25.4 Å². The van der Waals surface area contributed by atoms with Crippen molar-refractivity contribution in [3.05, 3.63) is 78.1 Å². The van der Waals surface area contributed by atoms with Crippen LogP contribution in [-0.4, -0.2) is 78.9 Å². The number of carbonyl (C=O) groups is 3. The molecule has 0 radical (unpaired) electrons. The molecular formula is C31H36FN5O6.